The predicted molar refractivity (Wildman–Crippen MR) is 312 cm³/mol. The van der Waals surface area contributed by atoms with Gasteiger partial charge in [0.05, 0.1) is 38.5 Å². The number of fused-ring (bicyclic) bond motifs is 8. The number of para-hydroxylation sites is 2. The molecule has 8 bridgehead atoms. The van der Waals surface area contributed by atoms with Crippen LogP contribution < -0.4 is 51.7 Å². The number of benzene rings is 6. The highest BCUT2D eigenvalue weighted by molar-refractivity contribution is 5.67. The summed E-state index contributed by atoms with van der Waals surface area (Å²) in [5.41, 5.74) is 24.3. The molecule has 8 N–H and O–H groups in total. The van der Waals surface area contributed by atoms with Gasteiger partial charge in [-0.2, -0.15) is 29.9 Å². The number of rotatable bonds is 22. The van der Waals surface area contributed by atoms with E-state index >= 15 is 0 Å². The Balaban J connectivity index is 1.18. The van der Waals surface area contributed by atoms with Gasteiger partial charge in [-0.05, 0) is 97.2 Å². The minimum Gasteiger partial charge on any atom is -0.493 e. The summed E-state index contributed by atoms with van der Waals surface area (Å²) in [6.45, 7) is 14.7. The van der Waals surface area contributed by atoms with Gasteiger partial charge in [-0.15, -0.1) is 0 Å². The second-order valence-corrected chi connectivity index (χ2v) is 19.6. The molecule has 78 heavy (non-hydrogen) atoms. The smallest absolute Gasteiger partial charge is 0.233 e. The zero-order valence-corrected chi connectivity index (χ0v) is 45.7. The van der Waals surface area contributed by atoms with Crippen molar-refractivity contribution in [2.75, 3.05) is 59.2 Å². The van der Waals surface area contributed by atoms with Crippen LogP contribution in [0.25, 0.3) is 0 Å². The van der Waals surface area contributed by atoms with E-state index in [-0.39, 0.29) is 24.0 Å². The Morgan fingerprint density at radius 3 is 0.987 bits per heavy atom. The van der Waals surface area contributed by atoms with Crippen molar-refractivity contribution in [1.29, 1.82) is 0 Å². The van der Waals surface area contributed by atoms with Crippen LogP contribution in [0, 0.1) is 0 Å². The third kappa shape index (κ3) is 13.7. The monoisotopic (exact) mass is 1050 g/mol. The van der Waals surface area contributed by atoms with Gasteiger partial charge in [-0.1, -0.05) is 125 Å². The van der Waals surface area contributed by atoms with Crippen molar-refractivity contribution in [3.05, 3.63) is 177 Å². The van der Waals surface area contributed by atoms with E-state index < -0.39 is 0 Å². The minimum atomic E-state index is -0.0843. The van der Waals surface area contributed by atoms with E-state index in [1.54, 1.807) is 0 Å². The molecule has 0 saturated carbocycles. The van der Waals surface area contributed by atoms with Gasteiger partial charge in [0.2, 0.25) is 35.7 Å². The normalized spacial score (nSPS) is 12.7. The average molecular weight is 1050 g/mol. The largest absolute Gasteiger partial charge is 0.493 e. The van der Waals surface area contributed by atoms with Crippen molar-refractivity contribution in [3.63, 3.8) is 0 Å². The number of nitrogen functional groups attached to an aromatic ring is 2. The Morgan fingerprint density at radius 1 is 0.385 bits per heavy atom. The molecule has 0 aliphatic heterocycles. The van der Waals surface area contributed by atoms with Crippen molar-refractivity contribution < 1.29 is 18.9 Å². The van der Waals surface area contributed by atoms with E-state index in [2.05, 4.69) is 168 Å². The lowest BCUT2D eigenvalue weighted by atomic mass is 9.90. The lowest BCUT2D eigenvalue weighted by Gasteiger charge is -2.24. The number of ether oxygens (including phenoxy) is 4. The molecule has 0 fully saturated rings. The minimum absolute atomic E-state index is 0.0843. The lowest BCUT2D eigenvalue weighted by molar-refractivity contribution is 0.304. The maximum atomic E-state index is 6.85. The van der Waals surface area contributed by atoms with Crippen LogP contribution in [0.2, 0.25) is 0 Å². The summed E-state index contributed by atoms with van der Waals surface area (Å²) in [6, 6.07) is 41.4. The quantitative estimate of drug-likeness (QED) is 0.0372. The Kier molecular flexibility index (Phi) is 18.0. The number of nitrogens with one attached hydrogen (secondary N) is 4. The highest BCUT2D eigenvalue weighted by atomic mass is 16.5. The van der Waals surface area contributed by atoms with E-state index in [0.29, 0.717) is 75.9 Å². The topological polar surface area (TPSA) is 214 Å². The van der Waals surface area contributed by atoms with E-state index in [1.165, 1.54) is 0 Å². The Hall–Kier alpha value is -8.66. The van der Waals surface area contributed by atoms with Gasteiger partial charge in [-0.25, -0.2) is 0 Å². The first-order valence-corrected chi connectivity index (χ1v) is 27.3. The fourth-order valence-electron chi connectivity index (χ4n) is 9.71. The summed E-state index contributed by atoms with van der Waals surface area (Å²) in [6.07, 6.45) is 5.24. The first-order chi connectivity index (χ1) is 38.1. The van der Waals surface area contributed by atoms with Crippen molar-refractivity contribution in [2.45, 2.75) is 105 Å². The van der Waals surface area contributed by atoms with E-state index in [0.717, 1.165) is 116 Å². The Labute approximate surface area is 458 Å². The highest BCUT2D eigenvalue weighted by Gasteiger charge is 2.24. The average Bonchev–Trinajstić information content (AvgIpc) is 3.42. The van der Waals surface area contributed by atoms with Crippen LogP contribution in [0.4, 0.5) is 47.1 Å². The predicted octanol–water partition coefficient (Wildman–Crippen LogP) is 12.9. The van der Waals surface area contributed by atoms with Crippen molar-refractivity contribution in [1.82, 2.24) is 29.9 Å². The molecule has 1 aliphatic carbocycles. The van der Waals surface area contributed by atoms with Crippen molar-refractivity contribution in [2.24, 2.45) is 0 Å². The number of aromatic nitrogens is 6. The Morgan fingerprint density at radius 2 is 0.679 bits per heavy atom. The summed E-state index contributed by atoms with van der Waals surface area (Å²) in [7, 11) is 0. The number of nitrogens with zero attached hydrogens (tertiary/aromatic N) is 6. The van der Waals surface area contributed by atoms with Crippen LogP contribution in [0.3, 0.4) is 0 Å². The number of nitrogens with two attached hydrogens (primary N) is 2. The zero-order chi connectivity index (χ0) is 54.4. The van der Waals surface area contributed by atoms with Crippen molar-refractivity contribution >= 4 is 47.1 Å². The third-order valence-electron chi connectivity index (χ3n) is 13.3. The SMILES string of the molecule is CCCOc1c2cccc1Cc1cc(Nc3nc(N)nc(N[C@@H](C)c4ccccc4)n3)cc(c1OCCC)Cc1cccc(c1OCCC)Cc1cc(Nc3nc(N)nc(N[C@@H](C)c4ccccc4)n3)cc(c1OCCC)C2. The molecular formula is C62H72N12O4. The fourth-order valence-corrected chi connectivity index (χ4v) is 9.71. The molecule has 2 atom stereocenters. The summed E-state index contributed by atoms with van der Waals surface area (Å²) >= 11 is 0. The molecule has 0 radical (unpaired) electrons. The highest BCUT2D eigenvalue weighted by Crippen LogP contribution is 2.42. The molecule has 9 rings (SSSR count). The standard InChI is InChI=1S/C62H72N12O4/c1-7-27-75-53-43-23-17-24-44(53)32-48-36-52(68-62-72-58(64)70-60(74-62)66-40(6)42-21-15-12-16-22-42)38-50(56(48)78-30-10-4)34-46-26-18-25-45(54(46)76-28-8-2)33-49-37-51(35-47(31-43)55(49)77-29-9-3)67-61-71-57(63)69-59(73-61)65-39(5)41-19-13-11-14-20-41/h11-26,35-40H,7-10,27-34H2,1-6H3,(H4,63,65,67,69,71,73)(H4,64,66,68,70,72,74)/t39-,40-/m0/s1. The fraction of sp³-hybridized carbons (Fsp3) is 0.323. The molecular weight excluding hydrogens is 977 g/mol. The van der Waals surface area contributed by atoms with Crippen LogP contribution in [0.15, 0.2) is 121 Å². The van der Waals surface area contributed by atoms with Crippen LogP contribution in [-0.2, 0) is 25.7 Å². The Bertz CT molecular complexity index is 2980. The summed E-state index contributed by atoms with van der Waals surface area (Å²) in [5, 5.41) is 13.9. The molecule has 2 aromatic heterocycles. The summed E-state index contributed by atoms with van der Waals surface area (Å²) in [4.78, 5) is 27.7. The van der Waals surface area contributed by atoms with Gasteiger partial charge in [0.15, 0.2) is 0 Å². The molecule has 0 saturated heterocycles. The van der Waals surface area contributed by atoms with Gasteiger partial charge in [0.1, 0.15) is 23.0 Å². The molecule has 6 aromatic carbocycles. The van der Waals surface area contributed by atoms with E-state index in [9.17, 15) is 0 Å². The molecule has 1 aliphatic rings. The van der Waals surface area contributed by atoms with E-state index in [1.807, 2.05) is 36.4 Å². The van der Waals surface area contributed by atoms with Crippen LogP contribution in [0.5, 0.6) is 23.0 Å². The molecule has 8 aromatic rings. The second-order valence-electron chi connectivity index (χ2n) is 19.6. The molecule has 2 heterocycles. The lowest BCUT2D eigenvalue weighted by Crippen LogP contribution is -2.13. The van der Waals surface area contributed by atoms with Gasteiger partial charge in [0.25, 0.3) is 0 Å². The first-order valence-electron chi connectivity index (χ1n) is 27.3. The maximum Gasteiger partial charge on any atom is 0.233 e. The summed E-state index contributed by atoms with van der Waals surface area (Å²) in [5.74, 6) is 4.76. The molecule has 0 amide bonds. The molecule has 0 unspecified atom stereocenters. The summed E-state index contributed by atoms with van der Waals surface area (Å²) < 4.78 is 27.4. The first kappa shape index (κ1) is 54.1. The molecule has 404 valence electrons. The zero-order valence-electron chi connectivity index (χ0n) is 45.7. The van der Waals surface area contributed by atoms with Crippen molar-refractivity contribution in [3.8, 4) is 23.0 Å². The van der Waals surface area contributed by atoms with Gasteiger partial charge < -0.3 is 51.7 Å². The number of hydrogen-bond donors (Lipinski definition) is 6. The van der Waals surface area contributed by atoms with Gasteiger partial charge in [-0.3, -0.25) is 0 Å². The molecule has 16 heteroatoms. The van der Waals surface area contributed by atoms with Crippen LogP contribution in [-0.4, -0.2) is 56.3 Å². The molecule has 0 spiro atoms. The van der Waals surface area contributed by atoms with Gasteiger partial charge in [0, 0.05) is 59.3 Å². The number of anilines is 8. The second kappa shape index (κ2) is 25.9. The van der Waals surface area contributed by atoms with Crippen LogP contribution in [0.1, 0.15) is 135 Å². The molecule has 16 nitrogen and oxygen atoms in total. The van der Waals surface area contributed by atoms with Crippen LogP contribution >= 0.6 is 0 Å². The van der Waals surface area contributed by atoms with Gasteiger partial charge >= 0.3 is 0 Å². The number of hydrogen-bond acceptors (Lipinski definition) is 16. The third-order valence-corrected chi connectivity index (χ3v) is 13.3. The maximum absolute atomic E-state index is 6.85. The van der Waals surface area contributed by atoms with E-state index in [4.69, 9.17) is 40.4 Å².